The van der Waals surface area contributed by atoms with Crippen LogP contribution in [0.2, 0.25) is 0 Å². The minimum Gasteiger partial charge on any atom is -0.484 e. The number of carbonyl (C=O) groups is 2. The Bertz CT molecular complexity index is 1020. The Morgan fingerprint density at radius 1 is 0.800 bits per heavy atom. The smallest absolute Gasteiger partial charge is 0.422 e. The van der Waals surface area contributed by atoms with E-state index in [4.69, 9.17) is 4.74 Å². The maximum Gasteiger partial charge on any atom is 0.422 e. The van der Waals surface area contributed by atoms with Crippen LogP contribution in [0.4, 0.5) is 36.8 Å². The van der Waals surface area contributed by atoms with Gasteiger partial charge >= 0.3 is 18.4 Å². The third-order valence-corrected chi connectivity index (χ3v) is 4.85. The summed E-state index contributed by atoms with van der Waals surface area (Å²) in [6.07, 6.45) is -9.34. The molecule has 2 aromatic rings. The number of nitrogens with zero attached hydrogens (tertiary/aromatic N) is 2. The number of rotatable bonds is 6. The first-order valence-corrected chi connectivity index (χ1v) is 10.3. The number of hydrogen-bond donors (Lipinski definition) is 1. The number of piperazine rings is 1. The van der Waals surface area contributed by atoms with Crippen LogP contribution >= 0.6 is 0 Å². The summed E-state index contributed by atoms with van der Waals surface area (Å²) < 4.78 is 84.6. The zero-order valence-electron chi connectivity index (χ0n) is 18.2. The second kappa shape index (κ2) is 10.7. The average molecular weight is 505 g/mol. The number of carbonyl (C=O) groups excluding carboxylic acids is 2. The molecule has 1 N–H and O–H groups in total. The molecule has 0 saturated carbocycles. The zero-order valence-corrected chi connectivity index (χ0v) is 18.2. The monoisotopic (exact) mass is 505 g/mol. The molecule has 0 aliphatic carbocycles. The van der Waals surface area contributed by atoms with Gasteiger partial charge in [-0.3, -0.25) is 4.79 Å². The van der Waals surface area contributed by atoms with Crippen LogP contribution in [0.3, 0.4) is 0 Å². The highest BCUT2D eigenvalue weighted by molar-refractivity contribution is 5.97. The standard InChI is InChI=1S/C22H21F6N3O4/c23-21(24,25)13-34-16-6-7-18(35-14-22(26,27)28)17(12-16)19(32)30-8-10-31(11-9-30)20(33)29-15-4-2-1-3-5-15/h1-7,12H,8-11,13-14H2,(H,29,33). The summed E-state index contributed by atoms with van der Waals surface area (Å²) in [5.41, 5.74) is 0.203. The van der Waals surface area contributed by atoms with Crippen LogP contribution < -0.4 is 14.8 Å². The molecule has 0 atom stereocenters. The van der Waals surface area contributed by atoms with Crippen molar-refractivity contribution in [3.8, 4) is 11.5 Å². The molecule has 0 unspecified atom stereocenters. The fraction of sp³-hybridized carbons (Fsp3) is 0.364. The van der Waals surface area contributed by atoms with Gasteiger partial charge in [0.05, 0.1) is 5.56 Å². The Labute approximate surface area is 196 Å². The summed E-state index contributed by atoms with van der Waals surface area (Å²) in [6, 6.07) is 11.1. The fourth-order valence-electron chi connectivity index (χ4n) is 3.22. The quantitative estimate of drug-likeness (QED) is 0.585. The molecular formula is C22H21F6N3O4. The van der Waals surface area contributed by atoms with Gasteiger partial charge < -0.3 is 24.6 Å². The van der Waals surface area contributed by atoms with E-state index in [2.05, 4.69) is 10.1 Å². The van der Waals surface area contributed by atoms with Gasteiger partial charge in [-0.1, -0.05) is 18.2 Å². The molecule has 1 heterocycles. The van der Waals surface area contributed by atoms with Crippen molar-refractivity contribution in [2.24, 2.45) is 0 Å². The third-order valence-electron chi connectivity index (χ3n) is 4.85. The van der Waals surface area contributed by atoms with Gasteiger partial charge in [-0.05, 0) is 30.3 Å². The number of anilines is 1. The molecule has 3 amide bonds. The number of amides is 3. The maximum absolute atomic E-state index is 13.0. The molecule has 2 aromatic carbocycles. The molecule has 190 valence electrons. The highest BCUT2D eigenvalue weighted by Crippen LogP contribution is 2.29. The molecule has 35 heavy (non-hydrogen) atoms. The van der Waals surface area contributed by atoms with Crippen molar-refractivity contribution in [3.05, 3.63) is 54.1 Å². The number of benzene rings is 2. The van der Waals surface area contributed by atoms with Gasteiger partial charge in [-0.2, -0.15) is 26.3 Å². The van der Waals surface area contributed by atoms with E-state index in [1.54, 1.807) is 30.3 Å². The van der Waals surface area contributed by atoms with E-state index in [-0.39, 0.29) is 43.5 Å². The first-order valence-electron chi connectivity index (χ1n) is 10.3. The van der Waals surface area contributed by atoms with Gasteiger partial charge in [-0.15, -0.1) is 0 Å². The Kier molecular flexibility index (Phi) is 7.97. The highest BCUT2D eigenvalue weighted by Gasteiger charge is 2.32. The lowest BCUT2D eigenvalue weighted by atomic mass is 10.1. The van der Waals surface area contributed by atoms with E-state index >= 15 is 0 Å². The van der Waals surface area contributed by atoms with Crippen LogP contribution in [-0.4, -0.2) is 73.5 Å². The lowest BCUT2D eigenvalue weighted by molar-refractivity contribution is -0.154. The average Bonchev–Trinajstić information content (AvgIpc) is 2.81. The third kappa shape index (κ3) is 7.97. The number of nitrogens with one attached hydrogen (secondary N) is 1. The molecule has 0 radical (unpaired) electrons. The first kappa shape index (κ1) is 26.0. The van der Waals surface area contributed by atoms with Crippen LogP contribution in [0.25, 0.3) is 0 Å². The predicted octanol–water partition coefficient (Wildman–Crippen LogP) is 4.56. The van der Waals surface area contributed by atoms with E-state index in [1.807, 2.05) is 0 Å². The van der Waals surface area contributed by atoms with Gasteiger partial charge in [0.2, 0.25) is 0 Å². The van der Waals surface area contributed by atoms with Crippen LogP contribution in [0.1, 0.15) is 10.4 Å². The molecule has 0 aromatic heterocycles. The second-order valence-electron chi connectivity index (χ2n) is 7.54. The normalized spacial score (nSPS) is 14.5. The molecule has 1 saturated heterocycles. The number of urea groups is 1. The minimum atomic E-state index is -4.69. The van der Waals surface area contributed by atoms with E-state index in [1.165, 1.54) is 9.80 Å². The van der Waals surface area contributed by atoms with Crippen LogP contribution in [0.5, 0.6) is 11.5 Å². The number of hydrogen-bond acceptors (Lipinski definition) is 4. The van der Waals surface area contributed by atoms with E-state index in [0.717, 1.165) is 18.2 Å². The minimum absolute atomic E-state index is 0.0490. The molecule has 3 rings (SSSR count). The van der Waals surface area contributed by atoms with Crippen molar-refractivity contribution in [1.29, 1.82) is 0 Å². The first-order chi connectivity index (χ1) is 16.4. The van der Waals surface area contributed by atoms with Gasteiger partial charge in [0.1, 0.15) is 11.5 Å². The summed E-state index contributed by atoms with van der Waals surface area (Å²) in [5.74, 6) is -1.57. The molecule has 13 heteroatoms. The lowest BCUT2D eigenvalue weighted by Crippen LogP contribution is -2.51. The van der Waals surface area contributed by atoms with Crippen molar-refractivity contribution < 1.29 is 45.4 Å². The lowest BCUT2D eigenvalue weighted by Gasteiger charge is -2.35. The Morgan fingerprint density at radius 3 is 1.97 bits per heavy atom. The number of halogens is 6. The second-order valence-corrected chi connectivity index (χ2v) is 7.54. The molecule has 7 nitrogen and oxygen atoms in total. The molecular weight excluding hydrogens is 484 g/mol. The Morgan fingerprint density at radius 2 is 1.37 bits per heavy atom. The molecule has 1 aliphatic heterocycles. The van der Waals surface area contributed by atoms with Crippen molar-refractivity contribution in [2.45, 2.75) is 12.4 Å². The summed E-state index contributed by atoms with van der Waals surface area (Å²) in [4.78, 5) is 28.2. The van der Waals surface area contributed by atoms with E-state index < -0.39 is 37.2 Å². The maximum atomic E-state index is 13.0. The predicted molar refractivity (Wildman–Crippen MR) is 112 cm³/mol. The number of ether oxygens (including phenoxy) is 2. The van der Waals surface area contributed by atoms with E-state index in [9.17, 15) is 35.9 Å². The molecule has 1 fully saturated rings. The highest BCUT2D eigenvalue weighted by atomic mass is 19.4. The van der Waals surface area contributed by atoms with Crippen molar-refractivity contribution in [2.75, 3.05) is 44.7 Å². The summed E-state index contributed by atoms with van der Waals surface area (Å²) in [5, 5.41) is 2.71. The van der Waals surface area contributed by atoms with Gasteiger partial charge in [0, 0.05) is 31.9 Å². The van der Waals surface area contributed by atoms with Crippen LogP contribution in [0, 0.1) is 0 Å². The number of para-hydroxylation sites is 1. The summed E-state index contributed by atoms with van der Waals surface area (Å²) in [6.45, 7) is -2.97. The molecule has 1 aliphatic rings. The summed E-state index contributed by atoms with van der Waals surface area (Å²) in [7, 11) is 0. The van der Waals surface area contributed by atoms with Gasteiger partial charge in [0.15, 0.2) is 13.2 Å². The van der Waals surface area contributed by atoms with Crippen molar-refractivity contribution in [1.82, 2.24) is 9.80 Å². The molecule has 0 bridgehead atoms. The van der Waals surface area contributed by atoms with Crippen LogP contribution in [0.15, 0.2) is 48.5 Å². The summed E-state index contributed by atoms with van der Waals surface area (Å²) >= 11 is 0. The van der Waals surface area contributed by atoms with Gasteiger partial charge in [0.25, 0.3) is 5.91 Å². The van der Waals surface area contributed by atoms with Crippen molar-refractivity contribution >= 4 is 17.6 Å². The fourth-order valence-corrected chi connectivity index (χ4v) is 3.22. The SMILES string of the molecule is O=C(Nc1ccccc1)N1CCN(C(=O)c2cc(OCC(F)(F)F)ccc2OCC(F)(F)F)CC1. The molecule has 0 spiro atoms. The van der Waals surface area contributed by atoms with Crippen LogP contribution in [-0.2, 0) is 0 Å². The Hall–Kier alpha value is -3.64. The van der Waals surface area contributed by atoms with Crippen molar-refractivity contribution in [3.63, 3.8) is 0 Å². The van der Waals surface area contributed by atoms with Gasteiger partial charge in [-0.25, -0.2) is 4.79 Å². The largest absolute Gasteiger partial charge is 0.484 e. The van der Waals surface area contributed by atoms with E-state index in [0.29, 0.717) is 5.69 Å². The topological polar surface area (TPSA) is 71.1 Å². The Balaban J connectivity index is 1.69. The zero-order chi connectivity index (χ0) is 25.6. The number of alkyl halides is 6.